The fraction of sp³-hybridized carbons (Fsp3) is 0.543. The molecule has 2 aliphatic rings. The Morgan fingerprint density at radius 2 is 1.51 bits per heavy atom. The molecular formula is C46H66N6O15. The Labute approximate surface area is 391 Å². The molecule has 370 valence electrons. The minimum absolute atomic E-state index is 0.0385. The van der Waals surface area contributed by atoms with Crippen LogP contribution in [0.1, 0.15) is 81.2 Å². The number of benzene rings is 1. The second kappa shape index (κ2) is 25.3. The molecule has 0 spiro atoms. The number of aliphatic imine (C=N–C) groups is 1. The van der Waals surface area contributed by atoms with Gasteiger partial charge in [-0.15, -0.1) is 0 Å². The predicted molar refractivity (Wildman–Crippen MR) is 245 cm³/mol. The van der Waals surface area contributed by atoms with E-state index in [1.165, 1.54) is 19.1 Å². The van der Waals surface area contributed by atoms with Gasteiger partial charge in [-0.1, -0.05) is 31.4 Å². The topological polar surface area (TPSA) is 258 Å². The normalized spacial score (nSPS) is 19.2. The van der Waals surface area contributed by atoms with Crippen LogP contribution >= 0.6 is 0 Å². The number of hydrogen-bond donors (Lipinski definition) is 5. The molecule has 1 aromatic carbocycles. The Hall–Kier alpha value is -6.61. The second-order valence-corrected chi connectivity index (χ2v) is 17.3. The standard InChI is InChI=1S/C46H66N6O15/c1-13-23-60-31-19-17-29(25-32(31)61-24-14-2)18-20-35(54)47-21-16-22-48-41(56)64-37(34-27-62-46(11,12)65-34)38-36(49-28(4)53)30(26-33(63-38)39(55)59-15-3)50-40(51-42(57)66-44(5,6)7)52-43(58)67-45(8,9)10/h13-14,17-20,25-26,30,34,36-38H,1-2,15-16,21-24,27H2,3-12H3,(H,47,54)(H,48,56)(H,49,53)(H2,50,51,52,57,58)/b20-18+/t30-,34+,36+,37+,38+/m0/s1. The van der Waals surface area contributed by atoms with E-state index in [0.29, 0.717) is 17.1 Å². The first kappa shape index (κ1) is 54.7. The van der Waals surface area contributed by atoms with Crippen molar-refractivity contribution < 1.29 is 71.4 Å². The Morgan fingerprint density at radius 1 is 0.896 bits per heavy atom. The van der Waals surface area contributed by atoms with Crippen molar-refractivity contribution in [3.05, 3.63) is 67.0 Å². The molecule has 2 aliphatic heterocycles. The molecule has 0 saturated carbocycles. The number of hydrogen-bond acceptors (Lipinski definition) is 16. The van der Waals surface area contributed by atoms with E-state index in [-0.39, 0.29) is 45.9 Å². The van der Waals surface area contributed by atoms with Crippen molar-refractivity contribution in [3.8, 4) is 11.5 Å². The van der Waals surface area contributed by atoms with Gasteiger partial charge in [-0.2, -0.15) is 0 Å². The fourth-order valence-corrected chi connectivity index (χ4v) is 6.14. The Kier molecular flexibility index (Phi) is 20.7. The molecule has 3 rings (SSSR count). The summed E-state index contributed by atoms with van der Waals surface area (Å²) in [5.74, 6) is -2.98. The third kappa shape index (κ3) is 19.8. The van der Waals surface area contributed by atoms with Gasteiger partial charge in [0.2, 0.25) is 23.5 Å². The highest BCUT2D eigenvalue weighted by atomic mass is 16.8. The third-order valence-electron chi connectivity index (χ3n) is 8.66. The van der Waals surface area contributed by atoms with Crippen LogP contribution in [-0.2, 0) is 47.5 Å². The molecule has 1 saturated heterocycles. The number of amides is 5. The molecule has 67 heavy (non-hydrogen) atoms. The molecule has 1 aromatic rings. The van der Waals surface area contributed by atoms with E-state index in [2.05, 4.69) is 44.7 Å². The van der Waals surface area contributed by atoms with Crippen LogP contribution in [0.3, 0.4) is 0 Å². The number of esters is 1. The van der Waals surface area contributed by atoms with Gasteiger partial charge in [-0.05, 0) is 98.6 Å². The second-order valence-electron chi connectivity index (χ2n) is 17.3. The third-order valence-corrected chi connectivity index (χ3v) is 8.66. The van der Waals surface area contributed by atoms with Gasteiger partial charge in [0, 0.05) is 26.1 Å². The van der Waals surface area contributed by atoms with Crippen LogP contribution in [0.5, 0.6) is 11.5 Å². The summed E-state index contributed by atoms with van der Waals surface area (Å²) < 4.78 is 51.5. The highest BCUT2D eigenvalue weighted by Gasteiger charge is 2.51. The minimum Gasteiger partial charge on any atom is -0.486 e. The summed E-state index contributed by atoms with van der Waals surface area (Å²) in [6.07, 6.45) is 0.776. The van der Waals surface area contributed by atoms with Gasteiger partial charge in [0.1, 0.15) is 30.5 Å². The van der Waals surface area contributed by atoms with Crippen LogP contribution < -0.4 is 36.1 Å². The number of carbonyl (C=O) groups excluding carboxylic acids is 6. The number of nitrogens with zero attached hydrogens (tertiary/aromatic N) is 1. The molecule has 0 radical (unpaired) electrons. The summed E-state index contributed by atoms with van der Waals surface area (Å²) in [5, 5.41) is 12.9. The van der Waals surface area contributed by atoms with E-state index in [1.54, 1.807) is 98.7 Å². The number of nitrogens with one attached hydrogen (secondary N) is 5. The van der Waals surface area contributed by atoms with Gasteiger partial charge in [0.25, 0.3) is 0 Å². The Morgan fingerprint density at radius 3 is 2.06 bits per heavy atom. The average molecular weight is 943 g/mol. The van der Waals surface area contributed by atoms with Gasteiger partial charge >= 0.3 is 24.2 Å². The summed E-state index contributed by atoms with van der Waals surface area (Å²) in [6.45, 7) is 23.7. The molecule has 2 heterocycles. The smallest absolute Gasteiger partial charge is 0.414 e. The van der Waals surface area contributed by atoms with Gasteiger partial charge < -0.3 is 58.6 Å². The highest BCUT2D eigenvalue weighted by molar-refractivity contribution is 6.01. The van der Waals surface area contributed by atoms with Gasteiger partial charge in [-0.3, -0.25) is 20.2 Å². The zero-order valence-electron chi connectivity index (χ0n) is 39.9. The van der Waals surface area contributed by atoms with Crippen LogP contribution in [0, 0.1) is 0 Å². The summed E-state index contributed by atoms with van der Waals surface area (Å²) in [7, 11) is 0. The molecule has 0 bridgehead atoms. The number of guanidine groups is 1. The van der Waals surface area contributed by atoms with Crippen molar-refractivity contribution in [3.63, 3.8) is 0 Å². The first-order valence-corrected chi connectivity index (χ1v) is 21.7. The van der Waals surface area contributed by atoms with E-state index in [1.807, 2.05) is 0 Å². The van der Waals surface area contributed by atoms with E-state index in [9.17, 15) is 28.8 Å². The maximum atomic E-state index is 13.6. The van der Waals surface area contributed by atoms with Crippen molar-refractivity contribution in [2.45, 2.75) is 123 Å². The molecule has 5 atom stereocenters. The average Bonchev–Trinajstić information content (AvgIpc) is 3.58. The molecular weight excluding hydrogens is 877 g/mol. The maximum absolute atomic E-state index is 13.6. The van der Waals surface area contributed by atoms with Crippen LogP contribution in [-0.4, -0.2) is 129 Å². The molecule has 0 aromatic heterocycles. The Bertz CT molecular complexity index is 1990. The van der Waals surface area contributed by atoms with Crippen LogP contribution in [0.15, 0.2) is 66.4 Å². The summed E-state index contributed by atoms with van der Waals surface area (Å²) in [4.78, 5) is 83.0. The van der Waals surface area contributed by atoms with Crippen LogP contribution in [0.25, 0.3) is 6.08 Å². The molecule has 21 heteroatoms. The molecule has 0 unspecified atom stereocenters. The SMILES string of the molecule is C=CCOc1ccc(/C=C/C(=O)NCCCNC(=O)O[C@@H]([C@@H]2OC(C(=O)OCC)=C[C@H](N=C(NC(=O)OC(C)(C)C)NC(=O)OC(C)(C)C)[C@H]2NC(C)=O)[C@H]2COC(C)(C)O2)cc1OCC=C. The van der Waals surface area contributed by atoms with Crippen molar-refractivity contribution >= 4 is 48.1 Å². The zero-order valence-corrected chi connectivity index (χ0v) is 39.9. The van der Waals surface area contributed by atoms with E-state index < -0.39 is 95.2 Å². The first-order valence-electron chi connectivity index (χ1n) is 21.7. The largest absolute Gasteiger partial charge is 0.486 e. The first-order chi connectivity index (χ1) is 31.4. The molecule has 0 aliphatic carbocycles. The summed E-state index contributed by atoms with van der Waals surface area (Å²) in [5.41, 5.74) is -1.24. The van der Waals surface area contributed by atoms with Crippen molar-refractivity contribution in [1.29, 1.82) is 0 Å². The zero-order chi connectivity index (χ0) is 50.0. The van der Waals surface area contributed by atoms with Crippen molar-refractivity contribution in [2.24, 2.45) is 4.99 Å². The minimum atomic E-state index is -1.45. The Balaban J connectivity index is 1.87. The predicted octanol–water partition coefficient (Wildman–Crippen LogP) is 4.71. The molecule has 5 N–H and O–H groups in total. The number of carbonyl (C=O) groups is 6. The van der Waals surface area contributed by atoms with E-state index >= 15 is 0 Å². The summed E-state index contributed by atoms with van der Waals surface area (Å²) >= 11 is 0. The van der Waals surface area contributed by atoms with Gasteiger partial charge in [0.15, 0.2) is 29.5 Å². The number of ether oxygens (including phenoxy) is 9. The monoisotopic (exact) mass is 942 g/mol. The lowest BCUT2D eigenvalue weighted by atomic mass is 9.92. The van der Waals surface area contributed by atoms with Crippen molar-refractivity contribution in [2.75, 3.05) is 39.5 Å². The van der Waals surface area contributed by atoms with E-state index in [4.69, 9.17) is 42.6 Å². The number of rotatable bonds is 19. The quantitative estimate of drug-likeness (QED) is 0.0240. The molecule has 5 amide bonds. The van der Waals surface area contributed by atoms with E-state index in [0.717, 1.165) is 0 Å². The highest BCUT2D eigenvalue weighted by Crippen LogP contribution is 2.33. The fourth-order valence-electron chi connectivity index (χ4n) is 6.14. The molecule has 21 nitrogen and oxygen atoms in total. The number of alkyl carbamates (subject to hydrolysis) is 3. The maximum Gasteiger partial charge on any atom is 0.414 e. The van der Waals surface area contributed by atoms with Crippen LogP contribution in [0.2, 0.25) is 0 Å². The van der Waals surface area contributed by atoms with Crippen LogP contribution in [0.4, 0.5) is 14.4 Å². The lowest BCUT2D eigenvalue weighted by Gasteiger charge is -2.40. The van der Waals surface area contributed by atoms with Crippen molar-refractivity contribution in [1.82, 2.24) is 26.6 Å². The lowest BCUT2D eigenvalue weighted by molar-refractivity contribution is -0.170. The molecule has 1 fully saturated rings. The lowest BCUT2D eigenvalue weighted by Crippen LogP contribution is -2.61. The van der Waals surface area contributed by atoms with Gasteiger partial charge in [0.05, 0.1) is 25.3 Å². The summed E-state index contributed by atoms with van der Waals surface area (Å²) in [6, 6.07) is 2.58. The van der Waals surface area contributed by atoms with Gasteiger partial charge in [-0.25, -0.2) is 24.2 Å².